The second-order valence-electron chi connectivity index (χ2n) is 6.44. The van der Waals surface area contributed by atoms with E-state index >= 15 is 0 Å². The second-order valence-corrected chi connectivity index (χ2v) is 6.44. The summed E-state index contributed by atoms with van der Waals surface area (Å²) >= 11 is 0. The number of nitrogens with zero attached hydrogens (tertiary/aromatic N) is 3. The van der Waals surface area contributed by atoms with Crippen molar-refractivity contribution in [2.45, 2.75) is 46.5 Å². The average molecular weight is 340 g/mol. The highest BCUT2D eigenvalue weighted by Crippen LogP contribution is 2.24. The number of amides is 1. The van der Waals surface area contributed by atoms with Crippen molar-refractivity contribution < 1.29 is 4.79 Å². The maximum atomic E-state index is 12.5. The summed E-state index contributed by atoms with van der Waals surface area (Å²) in [5.41, 5.74) is 2.26. The smallest absolute Gasteiger partial charge is 0.275 e. The molecule has 1 N–H and O–H groups in total. The highest BCUT2D eigenvalue weighted by Gasteiger charge is 2.13. The minimum absolute atomic E-state index is 0.232. The third-order valence-electron chi connectivity index (χ3n) is 4.01. The molecule has 5 heteroatoms. The van der Waals surface area contributed by atoms with Crippen molar-refractivity contribution in [1.29, 1.82) is 0 Å². The van der Waals surface area contributed by atoms with Crippen LogP contribution in [0.4, 0.5) is 11.5 Å². The predicted octanol–water partition coefficient (Wildman–Crippen LogP) is 4.48. The number of nitrogens with one attached hydrogen (secondary N) is 1. The summed E-state index contributed by atoms with van der Waals surface area (Å²) in [6.07, 6.45) is 5.35. The van der Waals surface area contributed by atoms with Crippen molar-refractivity contribution in [1.82, 2.24) is 9.97 Å². The lowest BCUT2D eigenvalue weighted by Gasteiger charge is -2.22. The fraction of sp³-hybridized carbons (Fsp3) is 0.450. The van der Waals surface area contributed by atoms with Crippen molar-refractivity contribution in [3.8, 4) is 0 Å². The third kappa shape index (κ3) is 5.02. The number of hydrogen-bond acceptors (Lipinski definition) is 4. The van der Waals surface area contributed by atoms with Gasteiger partial charge in [-0.3, -0.25) is 4.79 Å². The van der Waals surface area contributed by atoms with Crippen LogP contribution in [-0.2, 0) is 0 Å². The van der Waals surface area contributed by atoms with Crippen molar-refractivity contribution in [2.75, 3.05) is 23.3 Å². The van der Waals surface area contributed by atoms with Crippen LogP contribution in [0.2, 0.25) is 0 Å². The monoisotopic (exact) mass is 340 g/mol. The molecule has 25 heavy (non-hydrogen) atoms. The van der Waals surface area contributed by atoms with Gasteiger partial charge < -0.3 is 10.2 Å². The Morgan fingerprint density at radius 3 is 2.32 bits per heavy atom. The minimum atomic E-state index is -0.232. The number of anilines is 2. The second kappa shape index (κ2) is 9.16. The highest BCUT2D eigenvalue weighted by atomic mass is 16.1. The SMILES string of the molecule is CCCN(CCC)c1cnc(C(=O)Nc2ccccc2C(C)C)cn1. The van der Waals surface area contributed by atoms with Crippen molar-refractivity contribution in [3.63, 3.8) is 0 Å². The fourth-order valence-corrected chi connectivity index (χ4v) is 2.78. The molecule has 0 saturated heterocycles. The predicted molar refractivity (Wildman–Crippen MR) is 103 cm³/mol. The van der Waals surface area contributed by atoms with Crippen LogP contribution in [0.25, 0.3) is 0 Å². The molecule has 1 amide bonds. The quantitative estimate of drug-likeness (QED) is 0.770. The zero-order valence-corrected chi connectivity index (χ0v) is 15.6. The number of carbonyl (C=O) groups excluding carboxylic acids is 1. The van der Waals surface area contributed by atoms with E-state index in [-0.39, 0.29) is 5.91 Å². The standard InChI is InChI=1S/C20H28N4O/c1-5-11-24(12-6-2)19-14-21-18(13-22-19)20(25)23-17-10-8-7-9-16(17)15(3)4/h7-10,13-15H,5-6,11-12H2,1-4H3,(H,23,25). The molecular formula is C20H28N4O. The molecule has 1 heterocycles. The molecule has 0 unspecified atom stereocenters. The normalized spacial score (nSPS) is 10.8. The Labute approximate surface area is 150 Å². The van der Waals surface area contributed by atoms with Gasteiger partial charge in [-0.1, -0.05) is 45.9 Å². The van der Waals surface area contributed by atoms with Crippen LogP contribution in [0.1, 0.15) is 62.5 Å². The summed E-state index contributed by atoms with van der Waals surface area (Å²) in [6.45, 7) is 10.4. The van der Waals surface area contributed by atoms with Gasteiger partial charge in [0.05, 0.1) is 12.4 Å². The molecule has 0 radical (unpaired) electrons. The highest BCUT2D eigenvalue weighted by molar-refractivity contribution is 6.03. The number of aromatic nitrogens is 2. The van der Waals surface area contributed by atoms with Crippen LogP contribution < -0.4 is 10.2 Å². The maximum absolute atomic E-state index is 12.5. The Balaban J connectivity index is 2.13. The molecule has 1 aromatic heterocycles. The molecular weight excluding hydrogens is 312 g/mol. The van der Waals surface area contributed by atoms with E-state index in [1.807, 2.05) is 24.3 Å². The molecule has 1 aromatic carbocycles. The molecule has 0 bridgehead atoms. The Kier molecular flexibility index (Phi) is 6.92. The summed E-state index contributed by atoms with van der Waals surface area (Å²) in [6, 6.07) is 7.85. The molecule has 0 atom stereocenters. The Bertz CT molecular complexity index is 676. The summed E-state index contributed by atoms with van der Waals surface area (Å²) < 4.78 is 0. The van der Waals surface area contributed by atoms with Crippen LogP contribution in [-0.4, -0.2) is 29.0 Å². The van der Waals surface area contributed by atoms with E-state index in [0.29, 0.717) is 11.6 Å². The topological polar surface area (TPSA) is 58.1 Å². The number of benzene rings is 1. The lowest BCUT2D eigenvalue weighted by Crippen LogP contribution is -2.26. The van der Waals surface area contributed by atoms with Gasteiger partial charge in [-0.25, -0.2) is 9.97 Å². The first-order chi connectivity index (χ1) is 12.1. The van der Waals surface area contributed by atoms with E-state index in [0.717, 1.165) is 43.0 Å². The minimum Gasteiger partial charge on any atom is -0.355 e. The van der Waals surface area contributed by atoms with E-state index < -0.39 is 0 Å². The van der Waals surface area contributed by atoms with Gasteiger partial charge in [-0.15, -0.1) is 0 Å². The zero-order valence-electron chi connectivity index (χ0n) is 15.6. The zero-order chi connectivity index (χ0) is 18.2. The average Bonchev–Trinajstić information content (AvgIpc) is 2.62. The molecule has 134 valence electrons. The Morgan fingerprint density at radius 1 is 1.08 bits per heavy atom. The number of rotatable bonds is 8. The first-order valence-corrected chi connectivity index (χ1v) is 9.04. The van der Waals surface area contributed by atoms with Gasteiger partial charge in [0.15, 0.2) is 0 Å². The van der Waals surface area contributed by atoms with Gasteiger partial charge in [0.25, 0.3) is 5.91 Å². The maximum Gasteiger partial charge on any atom is 0.275 e. The van der Waals surface area contributed by atoms with Crippen molar-refractivity contribution in [3.05, 3.63) is 47.9 Å². The molecule has 0 fully saturated rings. The first-order valence-electron chi connectivity index (χ1n) is 9.04. The van der Waals surface area contributed by atoms with Crippen LogP contribution in [0, 0.1) is 0 Å². The van der Waals surface area contributed by atoms with Crippen LogP contribution >= 0.6 is 0 Å². The molecule has 2 aromatic rings. The van der Waals surface area contributed by atoms with Gasteiger partial charge in [0.1, 0.15) is 11.5 Å². The van der Waals surface area contributed by atoms with Crippen LogP contribution in [0.3, 0.4) is 0 Å². The lowest BCUT2D eigenvalue weighted by atomic mass is 10.0. The molecule has 0 aliphatic rings. The van der Waals surface area contributed by atoms with Crippen LogP contribution in [0.5, 0.6) is 0 Å². The van der Waals surface area contributed by atoms with Crippen LogP contribution in [0.15, 0.2) is 36.7 Å². The van der Waals surface area contributed by atoms with E-state index in [9.17, 15) is 4.79 Å². The molecule has 0 saturated carbocycles. The van der Waals surface area contributed by atoms with E-state index in [4.69, 9.17) is 0 Å². The molecule has 0 aliphatic heterocycles. The molecule has 0 spiro atoms. The Morgan fingerprint density at radius 2 is 1.76 bits per heavy atom. The summed E-state index contributed by atoms with van der Waals surface area (Å²) in [4.78, 5) is 23.4. The van der Waals surface area contributed by atoms with Gasteiger partial charge >= 0.3 is 0 Å². The number of para-hydroxylation sites is 1. The van der Waals surface area contributed by atoms with Gasteiger partial charge in [0, 0.05) is 18.8 Å². The summed E-state index contributed by atoms with van der Waals surface area (Å²) in [5, 5.41) is 2.95. The fourth-order valence-electron chi connectivity index (χ4n) is 2.78. The number of carbonyl (C=O) groups is 1. The van der Waals surface area contributed by atoms with E-state index in [2.05, 4.69) is 47.9 Å². The largest absolute Gasteiger partial charge is 0.355 e. The van der Waals surface area contributed by atoms with E-state index in [1.165, 1.54) is 0 Å². The van der Waals surface area contributed by atoms with Gasteiger partial charge in [0.2, 0.25) is 0 Å². The summed E-state index contributed by atoms with van der Waals surface area (Å²) in [5.74, 6) is 0.925. The van der Waals surface area contributed by atoms with Gasteiger partial charge in [-0.05, 0) is 30.4 Å². The van der Waals surface area contributed by atoms with Crippen molar-refractivity contribution in [2.24, 2.45) is 0 Å². The summed E-state index contributed by atoms with van der Waals surface area (Å²) in [7, 11) is 0. The van der Waals surface area contributed by atoms with Gasteiger partial charge in [-0.2, -0.15) is 0 Å². The molecule has 2 rings (SSSR count). The lowest BCUT2D eigenvalue weighted by molar-refractivity contribution is 0.102. The third-order valence-corrected chi connectivity index (χ3v) is 4.01. The number of hydrogen-bond donors (Lipinski definition) is 1. The molecule has 0 aliphatic carbocycles. The van der Waals surface area contributed by atoms with E-state index in [1.54, 1.807) is 12.4 Å². The Hall–Kier alpha value is -2.43. The first kappa shape index (κ1) is 18.9. The van der Waals surface area contributed by atoms with Crippen molar-refractivity contribution >= 4 is 17.4 Å². The molecule has 5 nitrogen and oxygen atoms in total.